The summed E-state index contributed by atoms with van der Waals surface area (Å²) in [6, 6.07) is 14.2. The Morgan fingerprint density at radius 2 is 1.86 bits per heavy atom. The predicted octanol–water partition coefficient (Wildman–Crippen LogP) is 0.997. The second-order valence-electron chi connectivity index (χ2n) is 4.74. The third-order valence-corrected chi connectivity index (χ3v) is 3.11. The van der Waals surface area contributed by atoms with Crippen LogP contribution in [0.5, 0.6) is 0 Å². The predicted molar refractivity (Wildman–Crippen MR) is 83.3 cm³/mol. The summed E-state index contributed by atoms with van der Waals surface area (Å²) in [6.07, 6.45) is 0. The Kier molecular flexibility index (Phi) is 4.97. The van der Waals surface area contributed by atoms with E-state index in [9.17, 15) is 14.8 Å². The molecule has 0 spiro atoms. The van der Waals surface area contributed by atoms with Gasteiger partial charge in [0.2, 0.25) is 0 Å². The summed E-state index contributed by atoms with van der Waals surface area (Å²) < 4.78 is 0. The number of carbonyl (C=O) groups excluding carboxylic acids is 1. The van der Waals surface area contributed by atoms with Crippen LogP contribution in [0.1, 0.15) is 11.1 Å². The minimum absolute atomic E-state index is 0.346. The minimum Gasteiger partial charge on any atom is -0.423 e. The Labute approximate surface area is 123 Å². The van der Waals surface area contributed by atoms with Crippen molar-refractivity contribution in [2.75, 3.05) is 5.32 Å². The molecule has 0 saturated heterocycles. The smallest absolute Gasteiger partial charge is 0.423 e. The lowest BCUT2D eigenvalue weighted by molar-refractivity contribution is 0.251. The summed E-state index contributed by atoms with van der Waals surface area (Å²) in [7, 11) is -1.56. The van der Waals surface area contributed by atoms with Crippen LogP contribution in [-0.2, 0) is 6.54 Å². The third kappa shape index (κ3) is 4.34. The van der Waals surface area contributed by atoms with E-state index in [4.69, 9.17) is 0 Å². The van der Waals surface area contributed by atoms with Gasteiger partial charge in [0.25, 0.3) is 0 Å². The molecule has 2 aromatic carbocycles. The molecule has 0 heterocycles. The fourth-order valence-corrected chi connectivity index (χ4v) is 1.95. The Morgan fingerprint density at radius 3 is 2.52 bits per heavy atom. The SMILES string of the molecule is Cc1ccc(NC(=O)NCc2ccccc2)cc1B(O)O. The van der Waals surface area contributed by atoms with E-state index in [-0.39, 0.29) is 6.03 Å². The van der Waals surface area contributed by atoms with Gasteiger partial charge >= 0.3 is 13.1 Å². The Hall–Kier alpha value is -2.31. The molecule has 0 fully saturated rings. The lowest BCUT2D eigenvalue weighted by Gasteiger charge is -2.10. The number of urea groups is 1. The number of hydrogen-bond donors (Lipinski definition) is 4. The number of carbonyl (C=O) groups is 1. The van der Waals surface area contributed by atoms with Crippen molar-refractivity contribution in [3.8, 4) is 0 Å². The van der Waals surface area contributed by atoms with Crippen LogP contribution >= 0.6 is 0 Å². The molecular weight excluding hydrogens is 267 g/mol. The van der Waals surface area contributed by atoms with E-state index in [1.165, 1.54) is 0 Å². The van der Waals surface area contributed by atoms with Gasteiger partial charge in [-0.2, -0.15) is 0 Å². The van der Waals surface area contributed by atoms with E-state index in [1.54, 1.807) is 25.1 Å². The van der Waals surface area contributed by atoms with Crippen molar-refractivity contribution in [3.63, 3.8) is 0 Å². The van der Waals surface area contributed by atoms with Gasteiger partial charge in [-0.3, -0.25) is 0 Å². The van der Waals surface area contributed by atoms with Crippen LogP contribution in [0.4, 0.5) is 10.5 Å². The van der Waals surface area contributed by atoms with E-state index in [0.29, 0.717) is 17.7 Å². The first-order chi connectivity index (χ1) is 10.1. The highest BCUT2D eigenvalue weighted by atomic mass is 16.4. The van der Waals surface area contributed by atoms with E-state index in [2.05, 4.69) is 10.6 Å². The molecular formula is C15H17BN2O3. The maximum absolute atomic E-state index is 11.8. The molecule has 5 nitrogen and oxygen atoms in total. The first-order valence-corrected chi connectivity index (χ1v) is 6.62. The molecule has 0 radical (unpaired) electrons. The van der Waals surface area contributed by atoms with Crippen LogP contribution < -0.4 is 16.1 Å². The van der Waals surface area contributed by atoms with Crippen molar-refractivity contribution in [1.29, 1.82) is 0 Å². The highest BCUT2D eigenvalue weighted by molar-refractivity contribution is 6.59. The summed E-state index contributed by atoms with van der Waals surface area (Å²) in [4.78, 5) is 11.8. The van der Waals surface area contributed by atoms with Gasteiger partial charge in [-0.1, -0.05) is 42.0 Å². The monoisotopic (exact) mass is 284 g/mol. The molecule has 108 valence electrons. The molecule has 0 unspecified atom stereocenters. The molecule has 0 aliphatic rings. The van der Waals surface area contributed by atoms with Crippen molar-refractivity contribution in [2.24, 2.45) is 0 Å². The first kappa shape index (κ1) is 15.1. The highest BCUT2D eigenvalue weighted by Gasteiger charge is 2.14. The maximum atomic E-state index is 11.8. The standard InChI is InChI=1S/C15H17BN2O3/c1-11-7-8-13(9-14(11)16(20)21)18-15(19)17-10-12-5-3-2-4-6-12/h2-9,20-21H,10H2,1H3,(H2,17,18,19). The van der Waals surface area contributed by atoms with Gasteiger partial charge in [0.15, 0.2) is 0 Å². The van der Waals surface area contributed by atoms with E-state index >= 15 is 0 Å². The molecule has 6 heteroatoms. The number of hydrogen-bond acceptors (Lipinski definition) is 3. The molecule has 0 aliphatic heterocycles. The van der Waals surface area contributed by atoms with Crippen molar-refractivity contribution in [3.05, 3.63) is 59.7 Å². The number of rotatable bonds is 4. The largest absolute Gasteiger partial charge is 0.488 e. The quantitative estimate of drug-likeness (QED) is 0.632. The molecule has 2 amide bonds. The van der Waals surface area contributed by atoms with Crippen molar-refractivity contribution in [1.82, 2.24) is 5.32 Å². The normalized spacial score (nSPS) is 10.0. The lowest BCUT2D eigenvalue weighted by Crippen LogP contribution is -2.33. The molecule has 0 aliphatic carbocycles. The molecule has 0 saturated carbocycles. The van der Waals surface area contributed by atoms with Gasteiger partial charge < -0.3 is 20.7 Å². The Balaban J connectivity index is 1.95. The number of benzene rings is 2. The second kappa shape index (κ2) is 6.92. The van der Waals surface area contributed by atoms with Gasteiger partial charge in [-0.25, -0.2) is 4.79 Å². The number of anilines is 1. The average molecular weight is 284 g/mol. The fourth-order valence-electron chi connectivity index (χ4n) is 1.95. The molecule has 4 N–H and O–H groups in total. The lowest BCUT2D eigenvalue weighted by atomic mass is 9.77. The topological polar surface area (TPSA) is 81.6 Å². The van der Waals surface area contributed by atoms with Crippen molar-refractivity contribution >= 4 is 24.3 Å². The van der Waals surface area contributed by atoms with Gasteiger partial charge in [-0.05, 0) is 30.1 Å². The number of nitrogens with one attached hydrogen (secondary N) is 2. The maximum Gasteiger partial charge on any atom is 0.488 e. The van der Waals surface area contributed by atoms with Gasteiger partial charge in [-0.15, -0.1) is 0 Å². The minimum atomic E-state index is -1.56. The molecule has 0 atom stereocenters. The zero-order valence-corrected chi connectivity index (χ0v) is 11.7. The van der Waals surface area contributed by atoms with E-state index in [1.807, 2.05) is 30.3 Å². The second-order valence-corrected chi connectivity index (χ2v) is 4.74. The Morgan fingerprint density at radius 1 is 1.14 bits per heavy atom. The third-order valence-electron chi connectivity index (χ3n) is 3.11. The summed E-state index contributed by atoms with van der Waals surface area (Å²) in [5.74, 6) is 0. The summed E-state index contributed by atoms with van der Waals surface area (Å²) in [6.45, 7) is 2.20. The highest BCUT2D eigenvalue weighted by Crippen LogP contribution is 2.07. The summed E-state index contributed by atoms with van der Waals surface area (Å²) >= 11 is 0. The van der Waals surface area contributed by atoms with Crippen LogP contribution in [0.25, 0.3) is 0 Å². The average Bonchev–Trinajstić information content (AvgIpc) is 2.48. The van der Waals surface area contributed by atoms with E-state index in [0.717, 1.165) is 11.1 Å². The van der Waals surface area contributed by atoms with Crippen LogP contribution in [-0.4, -0.2) is 23.2 Å². The molecule has 21 heavy (non-hydrogen) atoms. The summed E-state index contributed by atoms with van der Waals surface area (Å²) in [5, 5.41) is 23.9. The zero-order valence-electron chi connectivity index (χ0n) is 11.7. The van der Waals surface area contributed by atoms with Gasteiger partial charge in [0.05, 0.1) is 0 Å². The number of amides is 2. The van der Waals surface area contributed by atoms with Crippen LogP contribution in [0, 0.1) is 6.92 Å². The first-order valence-electron chi connectivity index (χ1n) is 6.62. The van der Waals surface area contributed by atoms with Crippen molar-refractivity contribution < 1.29 is 14.8 Å². The Bertz CT molecular complexity index is 618. The molecule has 0 aromatic heterocycles. The molecule has 2 aromatic rings. The van der Waals surface area contributed by atoms with Crippen molar-refractivity contribution in [2.45, 2.75) is 13.5 Å². The van der Waals surface area contributed by atoms with Gasteiger partial charge in [0.1, 0.15) is 0 Å². The van der Waals surface area contributed by atoms with Crippen LogP contribution in [0.2, 0.25) is 0 Å². The molecule has 0 bridgehead atoms. The van der Waals surface area contributed by atoms with Crippen LogP contribution in [0.15, 0.2) is 48.5 Å². The molecule has 2 rings (SSSR count). The zero-order chi connectivity index (χ0) is 15.2. The van der Waals surface area contributed by atoms with Crippen LogP contribution in [0.3, 0.4) is 0 Å². The van der Waals surface area contributed by atoms with E-state index < -0.39 is 7.12 Å². The number of aryl methyl sites for hydroxylation is 1. The van der Waals surface area contributed by atoms with Gasteiger partial charge in [0, 0.05) is 12.2 Å². The fraction of sp³-hybridized carbons (Fsp3) is 0.133. The summed E-state index contributed by atoms with van der Waals surface area (Å²) in [5.41, 5.74) is 2.63.